The van der Waals surface area contributed by atoms with Gasteiger partial charge in [0.05, 0.1) is 11.4 Å². The van der Waals surface area contributed by atoms with Gasteiger partial charge in [-0.05, 0) is 43.5 Å². The Morgan fingerprint density at radius 2 is 1.73 bits per heavy atom. The van der Waals surface area contributed by atoms with Crippen LogP contribution in [-0.4, -0.2) is 44.6 Å². The third-order valence-corrected chi connectivity index (χ3v) is 5.65. The van der Waals surface area contributed by atoms with E-state index < -0.39 is 10.0 Å². The lowest BCUT2D eigenvalue weighted by Gasteiger charge is -2.22. The molecule has 0 unspecified atom stereocenters. The summed E-state index contributed by atoms with van der Waals surface area (Å²) < 4.78 is 25.2. The summed E-state index contributed by atoms with van der Waals surface area (Å²) in [5.41, 5.74) is 1.26. The average molecular weight is 324 g/mol. The highest BCUT2D eigenvalue weighted by Gasteiger charge is 2.28. The number of sulfonamides is 1. The SMILES string of the molecule is CCCN(CCC)C(=O)c1ccc(N2CCCS2(=O)=O)cc1. The van der Waals surface area contributed by atoms with Crippen LogP contribution >= 0.6 is 0 Å². The van der Waals surface area contributed by atoms with Crippen LogP contribution in [-0.2, 0) is 10.0 Å². The normalized spacial score (nSPS) is 16.7. The Balaban J connectivity index is 2.16. The first-order chi connectivity index (χ1) is 10.5. The number of hydrogen-bond acceptors (Lipinski definition) is 3. The van der Waals surface area contributed by atoms with Crippen molar-refractivity contribution in [1.82, 2.24) is 4.90 Å². The van der Waals surface area contributed by atoms with E-state index in [9.17, 15) is 13.2 Å². The number of carbonyl (C=O) groups is 1. The lowest BCUT2D eigenvalue weighted by atomic mass is 10.1. The van der Waals surface area contributed by atoms with Crippen LogP contribution in [0.1, 0.15) is 43.5 Å². The monoisotopic (exact) mass is 324 g/mol. The number of hydrogen-bond donors (Lipinski definition) is 0. The summed E-state index contributed by atoms with van der Waals surface area (Å²) in [6, 6.07) is 6.91. The van der Waals surface area contributed by atoms with Crippen molar-refractivity contribution < 1.29 is 13.2 Å². The van der Waals surface area contributed by atoms with Gasteiger partial charge in [-0.25, -0.2) is 8.42 Å². The molecule has 1 fully saturated rings. The zero-order chi connectivity index (χ0) is 16.2. The van der Waals surface area contributed by atoms with E-state index in [0.717, 1.165) is 25.9 Å². The second kappa shape index (κ2) is 7.13. The van der Waals surface area contributed by atoms with Crippen LogP contribution < -0.4 is 4.31 Å². The van der Waals surface area contributed by atoms with Crippen molar-refractivity contribution in [3.05, 3.63) is 29.8 Å². The van der Waals surface area contributed by atoms with Crippen molar-refractivity contribution in [2.45, 2.75) is 33.1 Å². The maximum absolute atomic E-state index is 12.5. The van der Waals surface area contributed by atoms with Gasteiger partial charge in [0.1, 0.15) is 0 Å². The third kappa shape index (κ3) is 3.61. The van der Waals surface area contributed by atoms with Crippen molar-refractivity contribution in [3.63, 3.8) is 0 Å². The molecule has 1 aromatic rings. The quantitative estimate of drug-likeness (QED) is 0.808. The van der Waals surface area contributed by atoms with Crippen LogP contribution in [0.2, 0.25) is 0 Å². The molecule has 1 aromatic carbocycles. The number of benzene rings is 1. The Bertz CT molecular complexity index is 605. The summed E-state index contributed by atoms with van der Waals surface area (Å²) in [7, 11) is -3.17. The van der Waals surface area contributed by atoms with Gasteiger partial charge in [-0.3, -0.25) is 9.10 Å². The summed E-state index contributed by atoms with van der Waals surface area (Å²) in [6.07, 6.45) is 2.51. The average Bonchev–Trinajstić information content (AvgIpc) is 2.86. The number of amides is 1. The molecule has 5 nitrogen and oxygen atoms in total. The van der Waals surface area contributed by atoms with Crippen LogP contribution in [0.5, 0.6) is 0 Å². The van der Waals surface area contributed by atoms with E-state index >= 15 is 0 Å². The largest absolute Gasteiger partial charge is 0.339 e. The Kier molecular flexibility index (Phi) is 5.45. The lowest BCUT2D eigenvalue weighted by molar-refractivity contribution is 0.0755. The van der Waals surface area contributed by atoms with Gasteiger partial charge in [0, 0.05) is 25.2 Å². The van der Waals surface area contributed by atoms with Crippen molar-refractivity contribution in [3.8, 4) is 0 Å². The van der Waals surface area contributed by atoms with Gasteiger partial charge >= 0.3 is 0 Å². The van der Waals surface area contributed by atoms with E-state index in [1.807, 2.05) is 4.90 Å². The maximum Gasteiger partial charge on any atom is 0.253 e. The highest BCUT2D eigenvalue weighted by molar-refractivity contribution is 7.93. The zero-order valence-electron chi connectivity index (χ0n) is 13.3. The number of nitrogens with zero attached hydrogens (tertiary/aromatic N) is 2. The number of rotatable bonds is 6. The molecule has 0 atom stereocenters. The zero-order valence-corrected chi connectivity index (χ0v) is 14.1. The van der Waals surface area contributed by atoms with E-state index in [1.54, 1.807) is 24.3 Å². The minimum atomic E-state index is -3.17. The van der Waals surface area contributed by atoms with Crippen molar-refractivity contribution in [2.75, 3.05) is 29.7 Å². The molecule has 6 heteroatoms. The lowest BCUT2D eigenvalue weighted by Crippen LogP contribution is -2.32. The highest BCUT2D eigenvalue weighted by atomic mass is 32.2. The van der Waals surface area contributed by atoms with Crippen LogP contribution in [0.25, 0.3) is 0 Å². The molecule has 122 valence electrons. The molecular weight excluding hydrogens is 300 g/mol. The van der Waals surface area contributed by atoms with E-state index in [0.29, 0.717) is 24.2 Å². The standard InChI is InChI=1S/C16H24N2O3S/c1-3-10-17(11-4-2)16(19)14-6-8-15(9-7-14)18-12-5-13-22(18,20)21/h6-9H,3-5,10-13H2,1-2H3. The van der Waals surface area contributed by atoms with Gasteiger partial charge in [-0.15, -0.1) is 0 Å². The van der Waals surface area contributed by atoms with Gasteiger partial charge in [0.25, 0.3) is 5.91 Å². The smallest absolute Gasteiger partial charge is 0.253 e. The molecule has 1 heterocycles. The third-order valence-electron chi connectivity index (χ3n) is 3.78. The topological polar surface area (TPSA) is 57.7 Å². The predicted molar refractivity (Wildman–Crippen MR) is 88.7 cm³/mol. The van der Waals surface area contributed by atoms with Crippen LogP contribution in [0.15, 0.2) is 24.3 Å². The molecule has 0 aliphatic carbocycles. The molecule has 1 amide bonds. The summed E-state index contributed by atoms with van der Waals surface area (Å²) in [5.74, 6) is 0.216. The van der Waals surface area contributed by atoms with E-state index in [1.165, 1.54) is 4.31 Å². The Hall–Kier alpha value is -1.56. The molecule has 0 N–H and O–H groups in total. The van der Waals surface area contributed by atoms with Gasteiger partial charge in [0.15, 0.2) is 0 Å². The first-order valence-electron chi connectivity index (χ1n) is 7.89. The van der Waals surface area contributed by atoms with E-state index in [2.05, 4.69) is 13.8 Å². The fourth-order valence-electron chi connectivity index (χ4n) is 2.74. The van der Waals surface area contributed by atoms with Crippen molar-refractivity contribution in [1.29, 1.82) is 0 Å². The molecule has 2 rings (SSSR count). The first kappa shape index (κ1) is 16.8. The number of anilines is 1. The van der Waals surface area contributed by atoms with Crippen molar-refractivity contribution in [2.24, 2.45) is 0 Å². The molecule has 1 aliphatic rings. The van der Waals surface area contributed by atoms with Gasteiger partial charge in [0.2, 0.25) is 10.0 Å². The maximum atomic E-state index is 12.5. The van der Waals surface area contributed by atoms with Gasteiger partial charge in [-0.2, -0.15) is 0 Å². The molecule has 1 saturated heterocycles. The molecule has 1 aliphatic heterocycles. The Labute approximate surface area is 133 Å². The molecular formula is C16H24N2O3S. The van der Waals surface area contributed by atoms with E-state index in [-0.39, 0.29) is 11.7 Å². The molecule has 0 radical (unpaired) electrons. The highest BCUT2D eigenvalue weighted by Crippen LogP contribution is 2.24. The minimum absolute atomic E-state index is 0.0135. The summed E-state index contributed by atoms with van der Waals surface area (Å²) in [4.78, 5) is 14.3. The van der Waals surface area contributed by atoms with E-state index in [4.69, 9.17) is 0 Å². The molecule has 0 aromatic heterocycles. The molecule has 22 heavy (non-hydrogen) atoms. The summed E-state index contributed by atoms with van der Waals surface area (Å²) in [5, 5.41) is 0. The minimum Gasteiger partial charge on any atom is -0.339 e. The predicted octanol–water partition coefficient (Wildman–Crippen LogP) is 2.49. The van der Waals surface area contributed by atoms with Crippen LogP contribution in [0.4, 0.5) is 5.69 Å². The Morgan fingerprint density at radius 3 is 2.18 bits per heavy atom. The first-order valence-corrected chi connectivity index (χ1v) is 9.50. The van der Waals surface area contributed by atoms with Gasteiger partial charge < -0.3 is 4.90 Å². The molecule has 0 saturated carbocycles. The fraction of sp³-hybridized carbons (Fsp3) is 0.562. The second-order valence-electron chi connectivity index (χ2n) is 5.58. The summed E-state index contributed by atoms with van der Waals surface area (Å²) >= 11 is 0. The molecule has 0 bridgehead atoms. The van der Waals surface area contributed by atoms with Crippen molar-refractivity contribution >= 4 is 21.6 Å². The van der Waals surface area contributed by atoms with Gasteiger partial charge in [-0.1, -0.05) is 13.8 Å². The Morgan fingerprint density at radius 1 is 1.14 bits per heavy atom. The van der Waals surface area contributed by atoms with Crippen LogP contribution in [0.3, 0.4) is 0 Å². The van der Waals surface area contributed by atoms with Crippen LogP contribution in [0, 0.1) is 0 Å². The fourth-order valence-corrected chi connectivity index (χ4v) is 4.30. The second-order valence-corrected chi connectivity index (χ2v) is 7.59. The number of carbonyl (C=O) groups excluding carboxylic acids is 1. The molecule has 0 spiro atoms. The summed E-state index contributed by atoms with van der Waals surface area (Å²) in [6.45, 7) is 6.12.